The second kappa shape index (κ2) is 6.93. The minimum absolute atomic E-state index is 0.0936. The van der Waals surface area contributed by atoms with Crippen LogP contribution >= 0.6 is 11.5 Å². The first kappa shape index (κ1) is 16.5. The Bertz CT molecular complexity index is 565. The molecule has 1 unspecified atom stereocenters. The second-order valence-corrected chi connectivity index (χ2v) is 8.19. The van der Waals surface area contributed by atoms with Gasteiger partial charge < -0.3 is 15.4 Å². The van der Waals surface area contributed by atoms with Crippen LogP contribution in [0, 0.1) is 0 Å². The zero-order valence-corrected chi connectivity index (χ0v) is 14.2. The van der Waals surface area contributed by atoms with Crippen molar-refractivity contribution in [2.24, 2.45) is 0 Å². The van der Waals surface area contributed by atoms with E-state index in [4.69, 9.17) is 10.5 Å². The van der Waals surface area contributed by atoms with Gasteiger partial charge in [0.05, 0.1) is 11.9 Å². The topological polar surface area (TPSA) is 85.5 Å². The maximum Gasteiger partial charge on any atom is 0.185 e. The molecule has 0 spiro atoms. The van der Waals surface area contributed by atoms with Crippen molar-refractivity contribution in [3.05, 3.63) is 0 Å². The molecule has 1 saturated heterocycles. The monoisotopic (exact) mass is 333 g/mol. The number of hydrogen-bond donors (Lipinski definition) is 1. The first-order chi connectivity index (χ1) is 9.95. The Hall–Kier alpha value is -0.860. The third-order valence-corrected chi connectivity index (χ3v) is 6.62. The zero-order chi connectivity index (χ0) is 15.5. The Kier molecular flexibility index (Phi) is 5.45. The molecule has 6 nitrogen and oxygen atoms in total. The summed E-state index contributed by atoms with van der Waals surface area (Å²) in [6.07, 6.45) is 3.98. The van der Waals surface area contributed by atoms with Crippen molar-refractivity contribution < 1.29 is 13.2 Å². The molecule has 0 radical (unpaired) electrons. The van der Waals surface area contributed by atoms with Gasteiger partial charge in [0.2, 0.25) is 0 Å². The minimum Gasteiger partial charge on any atom is -0.382 e. The van der Waals surface area contributed by atoms with E-state index in [0.717, 1.165) is 37.4 Å². The van der Waals surface area contributed by atoms with Gasteiger partial charge in [-0.3, -0.25) is 0 Å². The molecule has 8 heteroatoms. The van der Waals surface area contributed by atoms with Gasteiger partial charge in [0.25, 0.3) is 0 Å². The highest BCUT2D eigenvalue weighted by atomic mass is 32.2. The summed E-state index contributed by atoms with van der Waals surface area (Å²) in [6, 6.07) is 0. The summed E-state index contributed by atoms with van der Waals surface area (Å²) in [5, 5.41) is 0.620. The van der Waals surface area contributed by atoms with Crippen LogP contribution in [0.1, 0.15) is 32.6 Å². The first-order valence-corrected chi connectivity index (χ1v) is 9.69. The number of nitrogens with zero attached hydrogens (tertiary/aromatic N) is 2. The van der Waals surface area contributed by atoms with E-state index in [1.165, 1.54) is 0 Å². The van der Waals surface area contributed by atoms with Crippen LogP contribution in [0.3, 0.4) is 0 Å². The zero-order valence-electron chi connectivity index (χ0n) is 12.5. The number of hydrogen-bond acceptors (Lipinski definition) is 7. The SMILES string of the molecule is CCCS(=O)(=O)c1c(N)nsc1N(C)CC1CCCCO1. The van der Waals surface area contributed by atoms with Crippen LogP contribution in [-0.2, 0) is 14.6 Å². The summed E-state index contributed by atoms with van der Waals surface area (Å²) in [5.74, 6) is 0.205. The van der Waals surface area contributed by atoms with Crippen LogP contribution in [0.2, 0.25) is 0 Å². The van der Waals surface area contributed by atoms with Gasteiger partial charge in [-0.05, 0) is 37.2 Å². The molecule has 1 atom stereocenters. The van der Waals surface area contributed by atoms with E-state index in [1.54, 1.807) is 0 Å². The van der Waals surface area contributed by atoms with Crippen LogP contribution < -0.4 is 10.6 Å². The average Bonchev–Trinajstić information content (AvgIpc) is 2.82. The third-order valence-electron chi connectivity index (χ3n) is 3.54. The highest BCUT2D eigenvalue weighted by Gasteiger charge is 2.28. The van der Waals surface area contributed by atoms with Gasteiger partial charge in [-0.25, -0.2) is 8.42 Å². The van der Waals surface area contributed by atoms with Crippen LogP contribution in [0.5, 0.6) is 0 Å². The molecule has 0 amide bonds. The predicted octanol–water partition coefficient (Wildman–Crippen LogP) is 1.91. The van der Waals surface area contributed by atoms with Gasteiger partial charge in [-0.1, -0.05) is 6.92 Å². The summed E-state index contributed by atoms with van der Waals surface area (Å²) < 4.78 is 34.5. The molecular weight excluding hydrogens is 310 g/mol. The molecule has 2 heterocycles. The van der Waals surface area contributed by atoms with E-state index in [1.807, 2.05) is 18.9 Å². The van der Waals surface area contributed by atoms with E-state index in [-0.39, 0.29) is 22.6 Å². The highest BCUT2D eigenvalue weighted by Crippen LogP contribution is 2.35. The Morgan fingerprint density at radius 2 is 2.24 bits per heavy atom. The largest absolute Gasteiger partial charge is 0.382 e. The van der Waals surface area contributed by atoms with Crippen molar-refractivity contribution in [2.45, 2.75) is 43.6 Å². The molecule has 1 aliphatic rings. The number of likely N-dealkylation sites (N-methyl/N-ethyl adjacent to an activating group) is 1. The Morgan fingerprint density at radius 3 is 2.86 bits per heavy atom. The molecule has 21 heavy (non-hydrogen) atoms. The number of nitrogen functional groups attached to an aromatic ring is 1. The third kappa shape index (κ3) is 3.87. The summed E-state index contributed by atoms with van der Waals surface area (Å²) in [4.78, 5) is 2.10. The summed E-state index contributed by atoms with van der Waals surface area (Å²) in [6.45, 7) is 3.29. The molecule has 0 bridgehead atoms. The molecule has 2 rings (SSSR count). The summed E-state index contributed by atoms with van der Waals surface area (Å²) in [7, 11) is -1.50. The Morgan fingerprint density at radius 1 is 1.48 bits per heavy atom. The Balaban J connectivity index is 2.19. The number of nitrogens with two attached hydrogens (primary N) is 1. The van der Waals surface area contributed by atoms with Crippen molar-refractivity contribution in [3.8, 4) is 0 Å². The van der Waals surface area contributed by atoms with Gasteiger partial charge in [0.15, 0.2) is 15.7 Å². The molecule has 1 fully saturated rings. The molecule has 120 valence electrons. The number of rotatable bonds is 6. The number of anilines is 2. The lowest BCUT2D eigenvalue weighted by Gasteiger charge is -2.28. The van der Waals surface area contributed by atoms with E-state index in [2.05, 4.69) is 4.37 Å². The van der Waals surface area contributed by atoms with Crippen molar-refractivity contribution >= 4 is 32.2 Å². The fourth-order valence-corrected chi connectivity index (χ4v) is 5.29. The fourth-order valence-electron chi connectivity index (χ4n) is 2.53. The highest BCUT2D eigenvalue weighted by molar-refractivity contribution is 7.91. The smallest absolute Gasteiger partial charge is 0.185 e. The summed E-state index contributed by atoms with van der Waals surface area (Å²) in [5.41, 5.74) is 5.79. The lowest BCUT2D eigenvalue weighted by atomic mass is 10.1. The first-order valence-electron chi connectivity index (χ1n) is 7.26. The van der Waals surface area contributed by atoms with Gasteiger partial charge in [0.1, 0.15) is 9.90 Å². The quantitative estimate of drug-likeness (QED) is 0.856. The maximum absolute atomic E-state index is 12.4. The van der Waals surface area contributed by atoms with E-state index < -0.39 is 9.84 Å². The standard InChI is InChI=1S/C13H23N3O3S2/c1-3-8-21(17,18)11-12(14)15-20-13(11)16(2)9-10-6-4-5-7-19-10/h10H,3-9H2,1-2H3,(H2,14,15). The maximum atomic E-state index is 12.4. The van der Waals surface area contributed by atoms with Gasteiger partial charge in [-0.15, -0.1) is 0 Å². The van der Waals surface area contributed by atoms with Crippen LogP contribution in [0.25, 0.3) is 0 Å². The fraction of sp³-hybridized carbons (Fsp3) is 0.769. The molecule has 1 aromatic heterocycles. The van der Waals surface area contributed by atoms with E-state index in [0.29, 0.717) is 18.0 Å². The van der Waals surface area contributed by atoms with Crippen LogP contribution in [0.15, 0.2) is 4.90 Å². The molecule has 0 aromatic carbocycles. The molecule has 0 saturated carbocycles. The van der Waals surface area contributed by atoms with Crippen molar-refractivity contribution in [2.75, 3.05) is 36.6 Å². The molecular formula is C13H23N3O3S2. The minimum atomic E-state index is -3.37. The second-order valence-electron chi connectivity index (χ2n) is 5.39. The van der Waals surface area contributed by atoms with Crippen molar-refractivity contribution in [3.63, 3.8) is 0 Å². The average molecular weight is 333 g/mol. The van der Waals surface area contributed by atoms with Gasteiger partial charge >= 0.3 is 0 Å². The summed E-state index contributed by atoms with van der Waals surface area (Å²) >= 11 is 1.14. The molecule has 1 aliphatic heterocycles. The number of sulfone groups is 1. The van der Waals surface area contributed by atoms with Gasteiger partial charge in [0, 0.05) is 20.2 Å². The van der Waals surface area contributed by atoms with Crippen molar-refractivity contribution in [1.29, 1.82) is 0 Å². The van der Waals surface area contributed by atoms with E-state index in [9.17, 15) is 8.42 Å². The van der Waals surface area contributed by atoms with Crippen LogP contribution in [0.4, 0.5) is 10.8 Å². The lowest BCUT2D eigenvalue weighted by Crippen LogP contribution is -2.33. The molecule has 2 N–H and O–H groups in total. The normalized spacial score (nSPS) is 19.6. The lowest BCUT2D eigenvalue weighted by molar-refractivity contribution is 0.0216. The number of aromatic nitrogens is 1. The van der Waals surface area contributed by atoms with Gasteiger partial charge in [-0.2, -0.15) is 4.37 Å². The molecule has 0 aliphatic carbocycles. The van der Waals surface area contributed by atoms with E-state index >= 15 is 0 Å². The van der Waals surface area contributed by atoms with Crippen molar-refractivity contribution in [1.82, 2.24) is 4.37 Å². The number of ether oxygens (including phenoxy) is 1. The van der Waals surface area contributed by atoms with Crippen LogP contribution in [-0.4, -0.2) is 44.8 Å². The predicted molar refractivity (Wildman–Crippen MR) is 85.7 cm³/mol. The molecule has 1 aromatic rings. The Labute approximate surface area is 130 Å².